The van der Waals surface area contributed by atoms with Crippen LogP contribution >= 0.6 is 23.4 Å². The monoisotopic (exact) mass is 273 g/mol. The Bertz CT molecular complexity index is 344. The summed E-state index contributed by atoms with van der Waals surface area (Å²) >= 11 is 7.92. The highest BCUT2D eigenvalue weighted by Crippen LogP contribution is 2.22. The molecule has 0 aliphatic carbocycles. The lowest BCUT2D eigenvalue weighted by atomic mass is 9.99. The standard InChI is InChI=1S/C13H20ClNOS/c1-13(15,10-16)7-4-8-17-9-11-5-2-3-6-12(11)14/h2-3,5-6,16H,4,7-10,15H2,1H3. The van der Waals surface area contributed by atoms with Crippen LogP contribution in [0.3, 0.4) is 0 Å². The van der Waals surface area contributed by atoms with Gasteiger partial charge in [-0.2, -0.15) is 11.8 Å². The summed E-state index contributed by atoms with van der Waals surface area (Å²) in [6.45, 7) is 1.92. The molecule has 3 N–H and O–H groups in total. The normalized spacial score (nSPS) is 14.6. The van der Waals surface area contributed by atoms with Crippen molar-refractivity contribution in [3.63, 3.8) is 0 Å². The minimum absolute atomic E-state index is 0.0438. The van der Waals surface area contributed by atoms with E-state index in [0.717, 1.165) is 29.4 Å². The highest BCUT2D eigenvalue weighted by molar-refractivity contribution is 7.98. The molecule has 0 bridgehead atoms. The summed E-state index contributed by atoms with van der Waals surface area (Å²) in [5.41, 5.74) is 6.59. The van der Waals surface area contributed by atoms with Crippen molar-refractivity contribution in [1.82, 2.24) is 0 Å². The van der Waals surface area contributed by atoms with E-state index in [-0.39, 0.29) is 6.61 Å². The van der Waals surface area contributed by atoms with Crippen LogP contribution in [0.4, 0.5) is 0 Å². The predicted molar refractivity (Wildman–Crippen MR) is 76.5 cm³/mol. The zero-order chi connectivity index (χ0) is 12.7. The Morgan fingerprint density at radius 1 is 1.41 bits per heavy atom. The van der Waals surface area contributed by atoms with Crippen LogP contribution in [0.1, 0.15) is 25.3 Å². The molecule has 0 aromatic heterocycles. The van der Waals surface area contributed by atoms with Crippen LogP contribution < -0.4 is 5.73 Å². The maximum absolute atomic E-state index is 9.02. The van der Waals surface area contributed by atoms with E-state index in [1.165, 1.54) is 5.56 Å². The number of aliphatic hydroxyl groups excluding tert-OH is 1. The number of nitrogens with two attached hydrogens (primary N) is 1. The maximum atomic E-state index is 9.02. The van der Waals surface area contributed by atoms with Crippen LogP contribution in [0.2, 0.25) is 5.02 Å². The van der Waals surface area contributed by atoms with Gasteiger partial charge in [-0.15, -0.1) is 0 Å². The molecule has 0 amide bonds. The Hall–Kier alpha value is -0.220. The summed E-state index contributed by atoms with van der Waals surface area (Å²) in [4.78, 5) is 0. The van der Waals surface area contributed by atoms with E-state index in [1.807, 2.05) is 36.9 Å². The summed E-state index contributed by atoms with van der Waals surface area (Å²) in [6.07, 6.45) is 1.86. The highest BCUT2D eigenvalue weighted by Gasteiger charge is 2.15. The van der Waals surface area contributed by atoms with Crippen molar-refractivity contribution in [2.75, 3.05) is 12.4 Å². The van der Waals surface area contributed by atoms with Crippen LogP contribution in [0.5, 0.6) is 0 Å². The topological polar surface area (TPSA) is 46.2 Å². The molecule has 0 saturated carbocycles. The Kier molecular flexibility index (Phi) is 6.34. The quantitative estimate of drug-likeness (QED) is 0.751. The molecule has 0 spiro atoms. The molecule has 1 aromatic carbocycles. The van der Waals surface area contributed by atoms with Crippen LogP contribution in [0.25, 0.3) is 0 Å². The van der Waals surface area contributed by atoms with Crippen molar-refractivity contribution in [2.24, 2.45) is 5.73 Å². The number of halogens is 1. The molecule has 17 heavy (non-hydrogen) atoms. The molecular weight excluding hydrogens is 254 g/mol. The third-order valence-electron chi connectivity index (χ3n) is 2.61. The van der Waals surface area contributed by atoms with Crippen molar-refractivity contribution in [3.8, 4) is 0 Å². The van der Waals surface area contributed by atoms with Gasteiger partial charge < -0.3 is 10.8 Å². The Morgan fingerprint density at radius 2 is 2.12 bits per heavy atom. The van der Waals surface area contributed by atoms with E-state index in [9.17, 15) is 0 Å². The van der Waals surface area contributed by atoms with Crippen molar-refractivity contribution in [2.45, 2.75) is 31.1 Å². The fraction of sp³-hybridized carbons (Fsp3) is 0.538. The summed E-state index contributed by atoms with van der Waals surface area (Å²) in [6, 6.07) is 7.92. The largest absolute Gasteiger partial charge is 0.394 e. The van der Waals surface area contributed by atoms with Gasteiger partial charge in [0.25, 0.3) is 0 Å². The van der Waals surface area contributed by atoms with Crippen molar-refractivity contribution in [1.29, 1.82) is 0 Å². The van der Waals surface area contributed by atoms with E-state index >= 15 is 0 Å². The van der Waals surface area contributed by atoms with E-state index in [1.54, 1.807) is 0 Å². The minimum Gasteiger partial charge on any atom is -0.394 e. The van der Waals surface area contributed by atoms with E-state index < -0.39 is 5.54 Å². The molecule has 0 heterocycles. The predicted octanol–water partition coefficient (Wildman–Crippen LogP) is 3.06. The molecule has 0 radical (unpaired) electrons. The summed E-state index contributed by atoms with van der Waals surface area (Å²) in [7, 11) is 0. The van der Waals surface area contributed by atoms with E-state index in [2.05, 4.69) is 6.07 Å². The van der Waals surface area contributed by atoms with Gasteiger partial charge in [0.15, 0.2) is 0 Å². The molecule has 1 aromatic rings. The van der Waals surface area contributed by atoms with Gasteiger partial charge in [0.1, 0.15) is 0 Å². The lowest BCUT2D eigenvalue weighted by Gasteiger charge is -2.21. The molecule has 4 heteroatoms. The van der Waals surface area contributed by atoms with Crippen LogP contribution in [0, 0.1) is 0 Å². The van der Waals surface area contributed by atoms with Gasteiger partial charge in [-0.25, -0.2) is 0 Å². The Morgan fingerprint density at radius 3 is 2.76 bits per heavy atom. The van der Waals surface area contributed by atoms with Gasteiger partial charge >= 0.3 is 0 Å². The van der Waals surface area contributed by atoms with Crippen molar-refractivity contribution < 1.29 is 5.11 Å². The van der Waals surface area contributed by atoms with E-state index in [4.69, 9.17) is 22.4 Å². The average molecular weight is 274 g/mol. The second-order valence-electron chi connectivity index (χ2n) is 4.56. The zero-order valence-electron chi connectivity index (χ0n) is 10.2. The first-order valence-corrected chi connectivity index (χ1v) is 7.29. The fourth-order valence-electron chi connectivity index (χ4n) is 1.45. The highest BCUT2D eigenvalue weighted by atomic mass is 35.5. The molecule has 0 aliphatic rings. The Balaban J connectivity index is 2.19. The number of benzene rings is 1. The number of hydrogen-bond donors (Lipinski definition) is 2. The van der Waals surface area contributed by atoms with Gasteiger partial charge in [-0.05, 0) is 37.1 Å². The number of hydrogen-bond acceptors (Lipinski definition) is 3. The average Bonchev–Trinajstić information content (AvgIpc) is 2.31. The summed E-state index contributed by atoms with van der Waals surface area (Å²) in [5.74, 6) is 1.97. The molecule has 2 nitrogen and oxygen atoms in total. The second kappa shape index (κ2) is 7.27. The van der Waals surface area contributed by atoms with Crippen LogP contribution in [-0.4, -0.2) is 23.0 Å². The van der Waals surface area contributed by atoms with Gasteiger partial charge in [0.2, 0.25) is 0 Å². The lowest BCUT2D eigenvalue weighted by Crippen LogP contribution is -2.40. The number of aliphatic hydroxyl groups is 1. The first-order valence-electron chi connectivity index (χ1n) is 5.76. The first-order chi connectivity index (χ1) is 8.05. The summed E-state index contributed by atoms with van der Waals surface area (Å²) in [5, 5.41) is 9.85. The SMILES string of the molecule is CC(N)(CO)CCCSCc1ccccc1Cl. The lowest BCUT2D eigenvalue weighted by molar-refractivity contribution is 0.200. The van der Waals surface area contributed by atoms with E-state index in [0.29, 0.717) is 0 Å². The minimum atomic E-state index is -0.440. The molecule has 1 unspecified atom stereocenters. The summed E-state index contributed by atoms with van der Waals surface area (Å²) < 4.78 is 0. The maximum Gasteiger partial charge on any atom is 0.0608 e. The van der Waals surface area contributed by atoms with Crippen molar-refractivity contribution >= 4 is 23.4 Å². The molecule has 0 aliphatic heterocycles. The fourth-order valence-corrected chi connectivity index (χ4v) is 2.70. The zero-order valence-corrected chi connectivity index (χ0v) is 11.7. The molecular formula is C13H20ClNOS. The van der Waals surface area contributed by atoms with Gasteiger partial charge in [0.05, 0.1) is 6.61 Å². The van der Waals surface area contributed by atoms with Gasteiger partial charge in [-0.3, -0.25) is 0 Å². The molecule has 0 fully saturated rings. The van der Waals surface area contributed by atoms with Crippen LogP contribution in [-0.2, 0) is 5.75 Å². The van der Waals surface area contributed by atoms with Gasteiger partial charge in [0, 0.05) is 16.3 Å². The smallest absolute Gasteiger partial charge is 0.0608 e. The molecule has 0 saturated heterocycles. The van der Waals surface area contributed by atoms with Crippen molar-refractivity contribution in [3.05, 3.63) is 34.9 Å². The third kappa shape index (κ3) is 5.77. The first kappa shape index (κ1) is 14.8. The molecule has 96 valence electrons. The van der Waals surface area contributed by atoms with Crippen LogP contribution in [0.15, 0.2) is 24.3 Å². The molecule has 1 rings (SSSR count). The number of rotatable bonds is 7. The molecule has 1 atom stereocenters. The second-order valence-corrected chi connectivity index (χ2v) is 6.07. The Labute approximate surface area is 113 Å². The van der Waals surface area contributed by atoms with Gasteiger partial charge in [-0.1, -0.05) is 29.8 Å². The third-order valence-corrected chi connectivity index (χ3v) is 4.07. The number of thioether (sulfide) groups is 1.